The van der Waals surface area contributed by atoms with Gasteiger partial charge in [-0.25, -0.2) is 4.79 Å². The Morgan fingerprint density at radius 1 is 0.913 bits per heavy atom. The SMILES string of the molecule is O=C(Nc1ccc(Cl)c(C(F)(F)F)c1)Nc1ccc(Cl)cc1Cl. The molecule has 0 fully saturated rings. The van der Waals surface area contributed by atoms with Gasteiger partial charge < -0.3 is 10.6 Å². The van der Waals surface area contributed by atoms with Crippen LogP contribution in [0.1, 0.15) is 5.56 Å². The molecule has 0 radical (unpaired) electrons. The second-order valence-electron chi connectivity index (χ2n) is 4.40. The molecule has 2 amide bonds. The zero-order valence-electron chi connectivity index (χ0n) is 11.1. The molecule has 2 aromatic rings. The van der Waals surface area contributed by atoms with Gasteiger partial charge in [0.2, 0.25) is 0 Å². The molecule has 0 saturated carbocycles. The number of anilines is 2. The smallest absolute Gasteiger partial charge is 0.308 e. The van der Waals surface area contributed by atoms with Crippen molar-refractivity contribution < 1.29 is 18.0 Å². The summed E-state index contributed by atoms with van der Waals surface area (Å²) >= 11 is 17.1. The van der Waals surface area contributed by atoms with Crippen LogP contribution < -0.4 is 10.6 Å². The predicted molar refractivity (Wildman–Crippen MR) is 85.6 cm³/mol. The highest BCUT2D eigenvalue weighted by Crippen LogP contribution is 2.36. The van der Waals surface area contributed by atoms with E-state index in [0.29, 0.717) is 5.02 Å². The first-order valence-electron chi connectivity index (χ1n) is 6.06. The Bertz CT molecular complexity index is 751. The number of halogens is 6. The zero-order valence-corrected chi connectivity index (χ0v) is 13.4. The van der Waals surface area contributed by atoms with Crippen molar-refractivity contribution in [2.24, 2.45) is 0 Å². The van der Waals surface area contributed by atoms with Crippen LogP contribution in [0.15, 0.2) is 36.4 Å². The molecule has 0 bridgehead atoms. The molecule has 0 aromatic heterocycles. The van der Waals surface area contributed by atoms with Gasteiger partial charge in [0, 0.05) is 10.7 Å². The largest absolute Gasteiger partial charge is 0.417 e. The van der Waals surface area contributed by atoms with Crippen LogP contribution in [0.2, 0.25) is 15.1 Å². The van der Waals surface area contributed by atoms with Gasteiger partial charge in [0.1, 0.15) is 0 Å². The van der Waals surface area contributed by atoms with Gasteiger partial charge in [-0.3, -0.25) is 0 Å². The average molecular weight is 384 g/mol. The summed E-state index contributed by atoms with van der Waals surface area (Å²) in [5, 5.41) is 4.80. The van der Waals surface area contributed by atoms with Crippen molar-refractivity contribution in [2.75, 3.05) is 10.6 Å². The van der Waals surface area contributed by atoms with E-state index in [1.54, 1.807) is 0 Å². The molecule has 0 aliphatic heterocycles. The fourth-order valence-electron chi connectivity index (χ4n) is 1.70. The fourth-order valence-corrected chi connectivity index (χ4v) is 2.38. The molecule has 0 aliphatic carbocycles. The van der Waals surface area contributed by atoms with Crippen molar-refractivity contribution in [2.45, 2.75) is 6.18 Å². The van der Waals surface area contributed by atoms with Crippen LogP contribution >= 0.6 is 34.8 Å². The molecule has 0 saturated heterocycles. The van der Waals surface area contributed by atoms with Crippen LogP contribution in [0.25, 0.3) is 0 Å². The lowest BCUT2D eigenvalue weighted by Crippen LogP contribution is -2.20. The highest BCUT2D eigenvalue weighted by molar-refractivity contribution is 6.36. The first-order chi connectivity index (χ1) is 10.7. The van der Waals surface area contributed by atoms with Gasteiger partial charge in [-0.1, -0.05) is 34.8 Å². The lowest BCUT2D eigenvalue weighted by molar-refractivity contribution is -0.137. The van der Waals surface area contributed by atoms with Crippen LogP contribution in [0.5, 0.6) is 0 Å². The van der Waals surface area contributed by atoms with Crippen LogP contribution in [0.3, 0.4) is 0 Å². The standard InChI is InChI=1S/C14H8Cl3F3N2O/c15-7-1-4-12(11(17)5-7)22-13(23)21-8-2-3-10(16)9(6-8)14(18,19)20/h1-6H,(H2,21,22,23). The maximum absolute atomic E-state index is 12.8. The van der Waals surface area contributed by atoms with E-state index in [0.717, 1.165) is 12.1 Å². The number of nitrogens with one attached hydrogen (secondary N) is 2. The van der Waals surface area contributed by atoms with Gasteiger partial charge in [0.25, 0.3) is 0 Å². The molecule has 9 heteroatoms. The van der Waals surface area contributed by atoms with Crippen LogP contribution in [-0.2, 0) is 6.18 Å². The van der Waals surface area contributed by atoms with E-state index >= 15 is 0 Å². The number of hydrogen-bond donors (Lipinski definition) is 2. The summed E-state index contributed by atoms with van der Waals surface area (Å²) in [5.74, 6) is 0. The van der Waals surface area contributed by atoms with Crippen LogP contribution in [0, 0.1) is 0 Å². The maximum Gasteiger partial charge on any atom is 0.417 e. The lowest BCUT2D eigenvalue weighted by atomic mass is 10.2. The summed E-state index contributed by atoms with van der Waals surface area (Å²) in [7, 11) is 0. The summed E-state index contributed by atoms with van der Waals surface area (Å²) in [4.78, 5) is 11.8. The Morgan fingerprint density at radius 2 is 1.61 bits per heavy atom. The van der Waals surface area contributed by atoms with Gasteiger partial charge in [-0.15, -0.1) is 0 Å². The molecule has 2 N–H and O–H groups in total. The minimum absolute atomic E-state index is 0.0655. The Labute approximate surface area is 144 Å². The third kappa shape index (κ3) is 4.67. The zero-order chi connectivity index (χ0) is 17.2. The second kappa shape index (κ2) is 6.86. The minimum Gasteiger partial charge on any atom is -0.308 e. The van der Waals surface area contributed by atoms with E-state index in [1.807, 2.05) is 0 Å². The quantitative estimate of drug-likeness (QED) is 0.627. The molecule has 0 atom stereocenters. The van der Waals surface area contributed by atoms with Gasteiger partial charge in [0.05, 0.1) is 21.3 Å². The molecule has 0 heterocycles. The Balaban J connectivity index is 2.14. The Hall–Kier alpha value is -1.63. The Morgan fingerprint density at radius 3 is 2.22 bits per heavy atom. The van der Waals surface area contributed by atoms with Gasteiger partial charge >= 0.3 is 12.2 Å². The maximum atomic E-state index is 12.8. The van der Waals surface area contributed by atoms with Crippen LogP contribution in [-0.4, -0.2) is 6.03 Å². The summed E-state index contributed by atoms with van der Waals surface area (Å²) in [6.07, 6.45) is -4.62. The third-order valence-electron chi connectivity index (χ3n) is 2.71. The summed E-state index contributed by atoms with van der Waals surface area (Å²) < 4.78 is 38.3. The van der Waals surface area contributed by atoms with Crippen molar-refractivity contribution in [3.63, 3.8) is 0 Å². The van der Waals surface area contributed by atoms with Gasteiger partial charge in [-0.2, -0.15) is 13.2 Å². The number of hydrogen-bond acceptors (Lipinski definition) is 1. The number of rotatable bonds is 2. The lowest BCUT2D eigenvalue weighted by Gasteiger charge is -2.13. The van der Waals surface area contributed by atoms with Gasteiger partial charge in [0.15, 0.2) is 0 Å². The number of amides is 2. The Kier molecular flexibility index (Phi) is 5.29. The van der Waals surface area contributed by atoms with E-state index in [1.165, 1.54) is 24.3 Å². The number of alkyl halides is 3. The monoisotopic (exact) mass is 382 g/mol. The van der Waals surface area contributed by atoms with Gasteiger partial charge in [-0.05, 0) is 36.4 Å². The summed E-state index contributed by atoms with van der Waals surface area (Å²) in [6, 6.07) is 6.68. The number of carbonyl (C=O) groups is 1. The number of benzene rings is 2. The first kappa shape index (κ1) is 17.7. The first-order valence-corrected chi connectivity index (χ1v) is 7.20. The predicted octanol–water partition coefficient (Wildman–Crippen LogP) is 6.31. The highest BCUT2D eigenvalue weighted by atomic mass is 35.5. The summed E-state index contributed by atoms with van der Waals surface area (Å²) in [5.41, 5.74) is -0.843. The topological polar surface area (TPSA) is 41.1 Å². The molecular formula is C14H8Cl3F3N2O. The minimum atomic E-state index is -4.62. The third-order valence-corrected chi connectivity index (χ3v) is 3.59. The highest BCUT2D eigenvalue weighted by Gasteiger charge is 2.33. The second-order valence-corrected chi connectivity index (χ2v) is 5.65. The van der Waals surface area contributed by atoms with Crippen molar-refractivity contribution in [1.29, 1.82) is 0 Å². The average Bonchev–Trinajstić information content (AvgIpc) is 2.43. The molecule has 2 rings (SSSR count). The van der Waals surface area contributed by atoms with Crippen LogP contribution in [0.4, 0.5) is 29.3 Å². The summed E-state index contributed by atoms with van der Waals surface area (Å²) in [6.45, 7) is 0. The van der Waals surface area contributed by atoms with E-state index in [-0.39, 0.29) is 16.4 Å². The van der Waals surface area contributed by atoms with Crippen molar-refractivity contribution in [3.8, 4) is 0 Å². The molecule has 122 valence electrons. The molecule has 3 nitrogen and oxygen atoms in total. The normalized spacial score (nSPS) is 11.2. The molecule has 0 aliphatic rings. The van der Waals surface area contributed by atoms with Crippen molar-refractivity contribution >= 4 is 52.2 Å². The molecule has 23 heavy (non-hydrogen) atoms. The van der Waals surface area contributed by atoms with E-state index in [2.05, 4.69) is 10.6 Å². The van der Waals surface area contributed by atoms with E-state index in [4.69, 9.17) is 34.8 Å². The number of carbonyl (C=O) groups excluding carboxylic acids is 1. The van der Waals surface area contributed by atoms with Crippen molar-refractivity contribution in [1.82, 2.24) is 0 Å². The molecule has 2 aromatic carbocycles. The molecule has 0 unspecified atom stereocenters. The fraction of sp³-hybridized carbons (Fsp3) is 0.0714. The number of urea groups is 1. The molecule has 0 spiro atoms. The van der Waals surface area contributed by atoms with E-state index in [9.17, 15) is 18.0 Å². The van der Waals surface area contributed by atoms with Crippen molar-refractivity contribution in [3.05, 3.63) is 57.0 Å². The van der Waals surface area contributed by atoms with E-state index < -0.39 is 22.8 Å². The molecular weight excluding hydrogens is 376 g/mol.